The Bertz CT molecular complexity index is 357. The lowest BCUT2D eigenvalue weighted by molar-refractivity contribution is 0.0703. The van der Waals surface area contributed by atoms with Crippen molar-refractivity contribution in [1.82, 2.24) is 4.90 Å². The Morgan fingerprint density at radius 1 is 1.60 bits per heavy atom. The number of aliphatic hydroxyl groups is 1. The summed E-state index contributed by atoms with van der Waals surface area (Å²) in [5.41, 5.74) is 0.751. The molecule has 0 aliphatic rings. The summed E-state index contributed by atoms with van der Waals surface area (Å²) in [6, 6.07) is 1.90. The van der Waals surface area contributed by atoms with Crippen molar-refractivity contribution in [1.29, 1.82) is 0 Å². The fourth-order valence-electron chi connectivity index (χ4n) is 1.53. The first-order valence-corrected chi connectivity index (χ1v) is 5.74. The molecule has 84 valence electrons. The van der Waals surface area contributed by atoms with Crippen LogP contribution >= 0.6 is 11.3 Å². The molecule has 1 heterocycles. The summed E-state index contributed by atoms with van der Waals surface area (Å²) in [4.78, 5) is 15.7. The molecule has 0 radical (unpaired) electrons. The fourth-order valence-corrected chi connectivity index (χ4v) is 2.44. The van der Waals surface area contributed by atoms with Crippen molar-refractivity contribution in [2.45, 2.75) is 26.9 Å². The van der Waals surface area contributed by atoms with Crippen LogP contribution in [0.2, 0.25) is 0 Å². The summed E-state index contributed by atoms with van der Waals surface area (Å²) in [7, 11) is 1.71. The minimum atomic E-state index is -0.487. The SMILES string of the molecule is Cc1cc(C(=O)N(C)CC(C)O)c(C)s1. The van der Waals surface area contributed by atoms with Gasteiger partial charge in [0.2, 0.25) is 0 Å². The molecular formula is C11H17NO2S. The first-order valence-electron chi connectivity index (χ1n) is 4.92. The largest absolute Gasteiger partial charge is 0.392 e. The normalized spacial score (nSPS) is 12.6. The first-order chi connectivity index (χ1) is 6.91. The predicted octanol–water partition coefficient (Wildman–Crippen LogP) is 1.82. The number of hydrogen-bond acceptors (Lipinski definition) is 3. The van der Waals surface area contributed by atoms with E-state index in [0.29, 0.717) is 6.54 Å². The molecule has 1 unspecified atom stereocenters. The number of carbonyl (C=O) groups excluding carboxylic acids is 1. The van der Waals surface area contributed by atoms with E-state index in [1.807, 2.05) is 19.9 Å². The molecule has 1 N–H and O–H groups in total. The molecule has 0 spiro atoms. The van der Waals surface area contributed by atoms with Crippen LogP contribution in [-0.2, 0) is 0 Å². The molecule has 1 aromatic heterocycles. The number of aryl methyl sites for hydroxylation is 2. The number of thiophene rings is 1. The van der Waals surface area contributed by atoms with E-state index < -0.39 is 6.10 Å². The molecule has 0 saturated carbocycles. The first kappa shape index (κ1) is 12.2. The lowest BCUT2D eigenvalue weighted by atomic mass is 10.2. The number of amides is 1. The van der Waals surface area contributed by atoms with Gasteiger partial charge >= 0.3 is 0 Å². The van der Waals surface area contributed by atoms with E-state index in [9.17, 15) is 9.90 Å². The zero-order chi connectivity index (χ0) is 11.6. The van der Waals surface area contributed by atoms with E-state index in [1.165, 1.54) is 0 Å². The van der Waals surface area contributed by atoms with Crippen molar-refractivity contribution in [2.24, 2.45) is 0 Å². The van der Waals surface area contributed by atoms with Crippen molar-refractivity contribution >= 4 is 17.2 Å². The lowest BCUT2D eigenvalue weighted by Gasteiger charge is -2.18. The maximum Gasteiger partial charge on any atom is 0.254 e. The number of rotatable bonds is 3. The number of nitrogens with zero attached hydrogens (tertiary/aromatic N) is 1. The van der Waals surface area contributed by atoms with Crippen molar-refractivity contribution in [2.75, 3.05) is 13.6 Å². The van der Waals surface area contributed by atoms with Gasteiger partial charge in [0.1, 0.15) is 0 Å². The minimum Gasteiger partial charge on any atom is -0.392 e. The van der Waals surface area contributed by atoms with Crippen LogP contribution in [0.3, 0.4) is 0 Å². The third-order valence-electron chi connectivity index (χ3n) is 2.16. The van der Waals surface area contributed by atoms with E-state index in [-0.39, 0.29) is 5.91 Å². The van der Waals surface area contributed by atoms with Crippen molar-refractivity contribution in [3.8, 4) is 0 Å². The van der Waals surface area contributed by atoms with Crippen molar-refractivity contribution < 1.29 is 9.90 Å². The van der Waals surface area contributed by atoms with E-state index in [2.05, 4.69) is 0 Å². The van der Waals surface area contributed by atoms with Crippen LogP contribution in [0, 0.1) is 13.8 Å². The van der Waals surface area contributed by atoms with Gasteiger partial charge in [-0.25, -0.2) is 0 Å². The van der Waals surface area contributed by atoms with Gasteiger partial charge in [0.15, 0.2) is 0 Å². The average molecular weight is 227 g/mol. The summed E-state index contributed by atoms with van der Waals surface area (Å²) < 4.78 is 0. The van der Waals surface area contributed by atoms with Crippen molar-refractivity contribution in [3.63, 3.8) is 0 Å². The topological polar surface area (TPSA) is 40.5 Å². The summed E-state index contributed by atoms with van der Waals surface area (Å²) in [6.07, 6.45) is -0.487. The van der Waals surface area contributed by atoms with Crippen LogP contribution in [0.15, 0.2) is 6.07 Å². The highest BCUT2D eigenvalue weighted by atomic mass is 32.1. The van der Waals surface area contributed by atoms with Gasteiger partial charge in [-0.15, -0.1) is 11.3 Å². The standard InChI is InChI=1S/C11H17NO2S/c1-7(13)6-12(4)11(14)10-5-8(2)15-9(10)3/h5,7,13H,6H2,1-4H3. The Balaban J connectivity index is 2.80. The van der Waals surface area contributed by atoms with Gasteiger partial charge in [0.25, 0.3) is 5.91 Å². The van der Waals surface area contributed by atoms with Crippen LogP contribution in [0.25, 0.3) is 0 Å². The lowest BCUT2D eigenvalue weighted by Crippen LogP contribution is -2.33. The molecule has 3 nitrogen and oxygen atoms in total. The molecule has 1 rings (SSSR count). The second-order valence-corrected chi connectivity index (χ2v) is 5.32. The second kappa shape index (κ2) is 4.77. The number of hydrogen-bond donors (Lipinski definition) is 1. The summed E-state index contributed by atoms with van der Waals surface area (Å²) in [5, 5.41) is 9.20. The number of likely N-dealkylation sites (N-methyl/N-ethyl adjacent to an activating group) is 1. The smallest absolute Gasteiger partial charge is 0.254 e. The Labute approximate surface area is 94.3 Å². The third-order valence-corrected chi connectivity index (χ3v) is 3.12. The van der Waals surface area contributed by atoms with Gasteiger partial charge in [-0.1, -0.05) is 0 Å². The van der Waals surface area contributed by atoms with Crippen LogP contribution in [-0.4, -0.2) is 35.6 Å². The zero-order valence-electron chi connectivity index (χ0n) is 9.57. The van der Waals surface area contributed by atoms with Crippen molar-refractivity contribution in [3.05, 3.63) is 21.4 Å². The highest BCUT2D eigenvalue weighted by molar-refractivity contribution is 7.12. The van der Waals surface area contributed by atoms with E-state index in [4.69, 9.17) is 0 Å². The molecule has 0 bridgehead atoms. The maximum absolute atomic E-state index is 11.9. The minimum absolute atomic E-state index is 0.0160. The molecule has 15 heavy (non-hydrogen) atoms. The van der Waals surface area contributed by atoms with Gasteiger partial charge in [-0.2, -0.15) is 0 Å². The van der Waals surface area contributed by atoms with Gasteiger partial charge in [-0.3, -0.25) is 4.79 Å². The fraction of sp³-hybridized carbons (Fsp3) is 0.545. The molecule has 1 amide bonds. The highest BCUT2D eigenvalue weighted by Crippen LogP contribution is 2.21. The summed E-state index contributed by atoms with van der Waals surface area (Å²) in [5.74, 6) is -0.0160. The van der Waals surface area contributed by atoms with Crippen LogP contribution in [0.5, 0.6) is 0 Å². The Morgan fingerprint density at radius 2 is 2.20 bits per heavy atom. The van der Waals surface area contributed by atoms with E-state index >= 15 is 0 Å². The number of aliphatic hydroxyl groups excluding tert-OH is 1. The molecule has 0 fully saturated rings. The predicted molar refractivity (Wildman–Crippen MR) is 62.4 cm³/mol. The van der Waals surface area contributed by atoms with Gasteiger partial charge in [0, 0.05) is 23.3 Å². The van der Waals surface area contributed by atoms with Crippen LogP contribution in [0.4, 0.5) is 0 Å². The van der Waals surface area contributed by atoms with Gasteiger partial charge in [-0.05, 0) is 26.8 Å². The molecule has 1 aromatic rings. The third kappa shape index (κ3) is 3.04. The highest BCUT2D eigenvalue weighted by Gasteiger charge is 2.17. The van der Waals surface area contributed by atoms with Crippen LogP contribution < -0.4 is 0 Å². The number of carbonyl (C=O) groups is 1. The molecule has 0 aliphatic carbocycles. The molecule has 1 atom stereocenters. The molecule has 0 aliphatic heterocycles. The summed E-state index contributed by atoms with van der Waals surface area (Å²) >= 11 is 1.62. The summed E-state index contributed by atoms with van der Waals surface area (Å²) in [6.45, 7) is 5.98. The monoisotopic (exact) mass is 227 g/mol. The molecule has 4 heteroatoms. The molecule has 0 saturated heterocycles. The quantitative estimate of drug-likeness (QED) is 0.855. The Kier molecular flexibility index (Phi) is 3.88. The second-order valence-electron chi connectivity index (χ2n) is 3.86. The zero-order valence-corrected chi connectivity index (χ0v) is 10.4. The van der Waals surface area contributed by atoms with Crippen LogP contribution in [0.1, 0.15) is 27.0 Å². The Hall–Kier alpha value is -0.870. The van der Waals surface area contributed by atoms with E-state index in [0.717, 1.165) is 15.3 Å². The maximum atomic E-state index is 11.9. The van der Waals surface area contributed by atoms with Gasteiger partial charge in [0.05, 0.1) is 11.7 Å². The average Bonchev–Trinajstić information content (AvgIpc) is 2.42. The van der Waals surface area contributed by atoms with Gasteiger partial charge < -0.3 is 10.0 Å². The molecule has 0 aromatic carbocycles. The molecular weight excluding hydrogens is 210 g/mol. The van der Waals surface area contributed by atoms with E-state index in [1.54, 1.807) is 30.2 Å². The Morgan fingerprint density at radius 3 is 2.60 bits per heavy atom.